The Hall–Kier alpha value is -1.62. The molecule has 0 aliphatic carbocycles. The molecule has 2 atom stereocenters. The Morgan fingerprint density at radius 2 is 2.05 bits per heavy atom. The predicted octanol–water partition coefficient (Wildman–Crippen LogP) is 2.26. The van der Waals surface area contributed by atoms with Gasteiger partial charge in [0.1, 0.15) is 11.6 Å². The number of amides is 1. The Bertz CT molecular complexity index is 431. The molecule has 1 aromatic carbocycles. The summed E-state index contributed by atoms with van der Waals surface area (Å²) in [6, 6.07) is 5.47. The first kappa shape index (κ1) is 16.4. The Labute approximate surface area is 119 Å². The van der Waals surface area contributed by atoms with Gasteiger partial charge in [-0.3, -0.25) is 4.79 Å². The lowest BCUT2D eigenvalue weighted by atomic mass is 10.0. The molecule has 0 fully saturated rings. The molecule has 2 N–H and O–H groups in total. The first-order valence-corrected chi connectivity index (χ1v) is 6.76. The first-order chi connectivity index (χ1) is 9.34. The standard InChI is InChI=1S/C15H22FNO3/c1-4-9-15(3,19)10-17-14(18)11(2)20-13-7-5-12(16)6-8-13/h5-8,11,19H,4,9-10H2,1-3H3,(H,17,18). The molecule has 2 unspecified atom stereocenters. The first-order valence-electron chi connectivity index (χ1n) is 6.76. The third kappa shape index (κ3) is 5.57. The van der Waals surface area contributed by atoms with Crippen LogP contribution in [0.4, 0.5) is 4.39 Å². The number of hydrogen-bond donors (Lipinski definition) is 2. The van der Waals surface area contributed by atoms with E-state index >= 15 is 0 Å². The fraction of sp³-hybridized carbons (Fsp3) is 0.533. The molecule has 0 radical (unpaired) electrons. The van der Waals surface area contributed by atoms with Gasteiger partial charge in [0.2, 0.25) is 0 Å². The summed E-state index contributed by atoms with van der Waals surface area (Å²) in [6.45, 7) is 5.43. The largest absolute Gasteiger partial charge is 0.481 e. The van der Waals surface area contributed by atoms with E-state index in [-0.39, 0.29) is 18.3 Å². The fourth-order valence-electron chi connectivity index (χ4n) is 1.82. The summed E-state index contributed by atoms with van der Waals surface area (Å²) in [5.74, 6) is -0.245. The van der Waals surface area contributed by atoms with Crippen LogP contribution >= 0.6 is 0 Å². The summed E-state index contributed by atoms with van der Waals surface area (Å²) in [5.41, 5.74) is -0.917. The van der Waals surface area contributed by atoms with Gasteiger partial charge in [0, 0.05) is 6.54 Å². The normalized spacial score (nSPS) is 15.2. The molecule has 0 heterocycles. The second-order valence-electron chi connectivity index (χ2n) is 5.18. The lowest BCUT2D eigenvalue weighted by molar-refractivity contribution is -0.128. The lowest BCUT2D eigenvalue weighted by Gasteiger charge is -2.24. The van der Waals surface area contributed by atoms with Crippen LogP contribution < -0.4 is 10.1 Å². The van der Waals surface area contributed by atoms with E-state index in [9.17, 15) is 14.3 Å². The predicted molar refractivity (Wildman–Crippen MR) is 75.0 cm³/mol. The van der Waals surface area contributed by atoms with E-state index in [2.05, 4.69) is 5.32 Å². The van der Waals surface area contributed by atoms with Crippen molar-refractivity contribution in [1.29, 1.82) is 0 Å². The minimum atomic E-state index is -0.917. The molecule has 0 bridgehead atoms. The highest BCUT2D eigenvalue weighted by Gasteiger charge is 2.22. The zero-order valence-electron chi connectivity index (χ0n) is 12.1. The topological polar surface area (TPSA) is 58.6 Å². The van der Waals surface area contributed by atoms with Crippen molar-refractivity contribution in [1.82, 2.24) is 5.32 Å². The maximum Gasteiger partial charge on any atom is 0.260 e. The number of carbonyl (C=O) groups excluding carboxylic acids is 1. The molecule has 0 saturated heterocycles. The molecule has 0 aliphatic heterocycles. The molecule has 0 saturated carbocycles. The molecule has 0 aliphatic rings. The summed E-state index contributed by atoms with van der Waals surface area (Å²) < 4.78 is 18.1. The van der Waals surface area contributed by atoms with Gasteiger partial charge in [-0.1, -0.05) is 13.3 Å². The van der Waals surface area contributed by atoms with Gasteiger partial charge >= 0.3 is 0 Å². The summed E-state index contributed by atoms with van der Waals surface area (Å²) in [5, 5.41) is 12.6. The van der Waals surface area contributed by atoms with E-state index in [1.165, 1.54) is 24.3 Å². The molecular weight excluding hydrogens is 261 g/mol. The van der Waals surface area contributed by atoms with Crippen molar-refractivity contribution >= 4 is 5.91 Å². The summed E-state index contributed by atoms with van der Waals surface area (Å²) >= 11 is 0. The molecule has 112 valence electrons. The second kappa shape index (κ2) is 7.24. The minimum absolute atomic E-state index is 0.177. The number of aliphatic hydroxyl groups is 1. The zero-order valence-corrected chi connectivity index (χ0v) is 12.1. The minimum Gasteiger partial charge on any atom is -0.481 e. The molecule has 0 aromatic heterocycles. The average Bonchev–Trinajstić information content (AvgIpc) is 2.38. The maximum atomic E-state index is 12.7. The summed E-state index contributed by atoms with van der Waals surface area (Å²) in [6.07, 6.45) is 0.739. The van der Waals surface area contributed by atoms with E-state index < -0.39 is 11.7 Å². The quantitative estimate of drug-likeness (QED) is 0.807. The Morgan fingerprint density at radius 1 is 1.45 bits per heavy atom. The SMILES string of the molecule is CCCC(C)(O)CNC(=O)C(C)Oc1ccc(F)cc1. The highest BCUT2D eigenvalue weighted by atomic mass is 19.1. The van der Waals surface area contributed by atoms with Crippen LogP contribution in [0.5, 0.6) is 5.75 Å². The molecule has 4 nitrogen and oxygen atoms in total. The van der Waals surface area contributed by atoms with Crippen LogP contribution in [-0.4, -0.2) is 29.3 Å². The Morgan fingerprint density at radius 3 is 2.60 bits per heavy atom. The average molecular weight is 283 g/mol. The molecule has 1 amide bonds. The van der Waals surface area contributed by atoms with Crippen molar-refractivity contribution in [3.05, 3.63) is 30.1 Å². The van der Waals surface area contributed by atoms with Crippen molar-refractivity contribution < 1.29 is 19.0 Å². The van der Waals surface area contributed by atoms with Crippen LogP contribution in [0, 0.1) is 5.82 Å². The van der Waals surface area contributed by atoms with Gasteiger partial charge < -0.3 is 15.2 Å². The van der Waals surface area contributed by atoms with Crippen LogP contribution in [0.25, 0.3) is 0 Å². The lowest BCUT2D eigenvalue weighted by Crippen LogP contribution is -2.45. The highest BCUT2D eigenvalue weighted by Crippen LogP contribution is 2.13. The molecule has 1 rings (SSSR count). The van der Waals surface area contributed by atoms with Crippen molar-refractivity contribution in [2.45, 2.75) is 45.3 Å². The second-order valence-corrected chi connectivity index (χ2v) is 5.18. The van der Waals surface area contributed by atoms with Crippen LogP contribution in [0.2, 0.25) is 0 Å². The van der Waals surface area contributed by atoms with Gasteiger partial charge in [-0.15, -0.1) is 0 Å². The third-order valence-electron chi connectivity index (χ3n) is 2.93. The van der Waals surface area contributed by atoms with Crippen molar-refractivity contribution in [3.8, 4) is 5.75 Å². The Kier molecular flexibility index (Phi) is 5.95. The maximum absolute atomic E-state index is 12.7. The van der Waals surface area contributed by atoms with Gasteiger partial charge in [-0.25, -0.2) is 4.39 Å². The zero-order chi connectivity index (χ0) is 15.2. The smallest absolute Gasteiger partial charge is 0.260 e. The molecule has 5 heteroatoms. The van der Waals surface area contributed by atoms with Gasteiger partial charge in [0.05, 0.1) is 5.60 Å². The number of hydrogen-bond acceptors (Lipinski definition) is 3. The Balaban J connectivity index is 2.45. The number of halogens is 1. The molecule has 20 heavy (non-hydrogen) atoms. The van der Waals surface area contributed by atoms with Gasteiger partial charge in [-0.2, -0.15) is 0 Å². The molecule has 0 spiro atoms. The fourth-order valence-corrected chi connectivity index (χ4v) is 1.82. The van der Waals surface area contributed by atoms with Crippen LogP contribution in [0.15, 0.2) is 24.3 Å². The van der Waals surface area contributed by atoms with E-state index in [0.29, 0.717) is 12.2 Å². The van der Waals surface area contributed by atoms with E-state index in [1.807, 2.05) is 6.92 Å². The monoisotopic (exact) mass is 283 g/mol. The third-order valence-corrected chi connectivity index (χ3v) is 2.93. The summed E-state index contributed by atoms with van der Waals surface area (Å²) in [7, 11) is 0. The molecular formula is C15H22FNO3. The van der Waals surface area contributed by atoms with Gasteiger partial charge in [-0.05, 0) is 44.5 Å². The number of ether oxygens (including phenoxy) is 1. The van der Waals surface area contributed by atoms with Crippen molar-refractivity contribution in [2.75, 3.05) is 6.54 Å². The van der Waals surface area contributed by atoms with E-state index in [4.69, 9.17) is 4.74 Å². The highest BCUT2D eigenvalue weighted by molar-refractivity contribution is 5.80. The van der Waals surface area contributed by atoms with Crippen LogP contribution in [0.3, 0.4) is 0 Å². The van der Waals surface area contributed by atoms with Crippen molar-refractivity contribution in [3.63, 3.8) is 0 Å². The van der Waals surface area contributed by atoms with Gasteiger partial charge in [0.25, 0.3) is 5.91 Å². The van der Waals surface area contributed by atoms with Gasteiger partial charge in [0.15, 0.2) is 6.10 Å². The van der Waals surface area contributed by atoms with Crippen LogP contribution in [-0.2, 0) is 4.79 Å². The number of benzene rings is 1. The van der Waals surface area contributed by atoms with E-state index in [0.717, 1.165) is 6.42 Å². The van der Waals surface area contributed by atoms with E-state index in [1.54, 1.807) is 13.8 Å². The number of carbonyl (C=O) groups is 1. The summed E-state index contributed by atoms with van der Waals surface area (Å²) in [4.78, 5) is 11.8. The number of nitrogens with one attached hydrogen (secondary N) is 1. The number of rotatable bonds is 7. The van der Waals surface area contributed by atoms with Crippen LogP contribution in [0.1, 0.15) is 33.6 Å². The van der Waals surface area contributed by atoms with Crippen molar-refractivity contribution in [2.24, 2.45) is 0 Å². The molecule has 1 aromatic rings.